The molecule has 1 aliphatic rings. The Morgan fingerprint density at radius 3 is 2.59 bits per heavy atom. The van der Waals surface area contributed by atoms with Gasteiger partial charge in [-0.05, 0) is 67.3 Å². The fraction of sp³-hybridized carbons (Fsp3) is 0.208. The molecule has 162 valence electrons. The van der Waals surface area contributed by atoms with Gasteiger partial charge in [-0.2, -0.15) is 8.75 Å². The number of benzene rings is 2. The number of aliphatic hydroxyl groups is 1. The number of carbonyl (C=O) groups is 1. The number of ether oxygens (including phenoxy) is 2. The van der Waals surface area contributed by atoms with Crippen LogP contribution >= 0.6 is 23.1 Å². The fourth-order valence-electron chi connectivity index (χ4n) is 3.83. The minimum atomic E-state index is -1.87. The first-order valence-corrected chi connectivity index (χ1v) is 11.8. The van der Waals surface area contributed by atoms with E-state index in [2.05, 4.69) is 8.75 Å². The fourth-order valence-corrected chi connectivity index (χ4v) is 5.06. The van der Waals surface area contributed by atoms with E-state index in [1.807, 2.05) is 49.6 Å². The number of carbonyl (C=O) groups excluding carboxylic acids is 1. The van der Waals surface area contributed by atoms with Crippen LogP contribution in [0.3, 0.4) is 0 Å². The lowest BCUT2D eigenvalue weighted by atomic mass is 9.89. The van der Waals surface area contributed by atoms with Crippen molar-refractivity contribution < 1.29 is 19.4 Å². The molecule has 0 saturated carbocycles. The van der Waals surface area contributed by atoms with Crippen LogP contribution in [0.4, 0.5) is 0 Å². The summed E-state index contributed by atoms with van der Waals surface area (Å²) < 4.78 is 19.9. The van der Waals surface area contributed by atoms with Crippen LogP contribution in [0.5, 0.6) is 5.75 Å². The van der Waals surface area contributed by atoms with Crippen LogP contribution in [0, 0.1) is 0 Å². The molecule has 3 heterocycles. The molecule has 1 N–H and O–H groups in total. The summed E-state index contributed by atoms with van der Waals surface area (Å²) in [6, 6.07) is 16.4. The number of fused-ring (bicyclic) bond motifs is 1. The van der Waals surface area contributed by atoms with Crippen molar-refractivity contribution in [3.05, 3.63) is 81.6 Å². The molecule has 0 saturated heterocycles. The summed E-state index contributed by atoms with van der Waals surface area (Å²) in [5, 5.41) is 13.7. The summed E-state index contributed by atoms with van der Waals surface area (Å²) in [6.45, 7) is 3.89. The number of hydrogen-bond acceptors (Lipinski definition) is 8. The molecule has 4 aromatic rings. The molecular formula is C24H20N2O4S2. The Labute approximate surface area is 193 Å². The maximum absolute atomic E-state index is 13.1. The standard InChI is InChI=1S/C24H20N2O4S2/c1-14(2)29-17-8-6-16(7-9-17)24(28)19(13-18-4-3-11-31-18)22(23(27)30-24)15-5-10-20-21(12-15)26-32-25-20/h3-12,14,28H,13H2,1-2H3. The molecule has 32 heavy (non-hydrogen) atoms. The van der Waals surface area contributed by atoms with Crippen LogP contribution in [0.1, 0.15) is 29.9 Å². The number of aromatic nitrogens is 2. The monoisotopic (exact) mass is 464 g/mol. The van der Waals surface area contributed by atoms with E-state index in [9.17, 15) is 9.90 Å². The Morgan fingerprint density at radius 2 is 1.88 bits per heavy atom. The highest BCUT2D eigenvalue weighted by Gasteiger charge is 2.48. The molecule has 2 aromatic carbocycles. The molecule has 0 radical (unpaired) electrons. The first-order chi connectivity index (χ1) is 15.4. The third-order valence-corrected chi connectivity index (χ3v) is 6.68. The summed E-state index contributed by atoms with van der Waals surface area (Å²) >= 11 is 2.68. The molecule has 0 aliphatic carbocycles. The van der Waals surface area contributed by atoms with Gasteiger partial charge in [0.05, 0.1) is 23.4 Å². The Hall–Kier alpha value is -3.07. The first-order valence-electron chi connectivity index (χ1n) is 10.2. The van der Waals surface area contributed by atoms with E-state index >= 15 is 0 Å². The number of nitrogens with zero attached hydrogens (tertiary/aromatic N) is 2. The topological polar surface area (TPSA) is 81.5 Å². The highest BCUT2D eigenvalue weighted by Crippen LogP contribution is 2.45. The lowest BCUT2D eigenvalue weighted by Crippen LogP contribution is -2.29. The molecule has 1 atom stereocenters. The Bertz CT molecular complexity index is 1310. The van der Waals surface area contributed by atoms with Gasteiger partial charge in [-0.1, -0.05) is 12.1 Å². The van der Waals surface area contributed by atoms with E-state index in [1.165, 1.54) is 0 Å². The second-order valence-corrected chi connectivity index (χ2v) is 9.36. The van der Waals surface area contributed by atoms with Crippen molar-refractivity contribution >= 4 is 45.6 Å². The third-order valence-electron chi connectivity index (χ3n) is 5.25. The van der Waals surface area contributed by atoms with E-state index in [0.717, 1.165) is 22.1 Å². The van der Waals surface area contributed by atoms with Crippen molar-refractivity contribution in [2.45, 2.75) is 32.2 Å². The number of rotatable bonds is 6. The average molecular weight is 465 g/mol. The van der Waals surface area contributed by atoms with E-state index in [1.54, 1.807) is 35.6 Å². The van der Waals surface area contributed by atoms with Crippen molar-refractivity contribution in [3.63, 3.8) is 0 Å². The minimum Gasteiger partial charge on any atom is -0.491 e. The summed E-state index contributed by atoms with van der Waals surface area (Å²) in [5.74, 6) is -1.76. The predicted molar refractivity (Wildman–Crippen MR) is 125 cm³/mol. The van der Waals surface area contributed by atoms with Crippen molar-refractivity contribution in [1.29, 1.82) is 0 Å². The van der Waals surface area contributed by atoms with Crippen molar-refractivity contribution in [1.82, 2.24) is 8.75 Å². The van der Waals surface area contributed by atoms with Gasteiger partial charge in [0.15, 0.2) is 0 Å². The van der Waals surface area contributed by atoms with Gasteiger partial charge in [-0.3, -0.25) is 0 Å². The SMILES string of the molecule is CC(C)Oc1ccc(C2(O)OC(=O)C(c3ccc4nsnc4c3)=C2Cc2cccs2)cc1. The normalized spacial score (nSPS) is 18.6. The molecular weight excluding hydrogens is 444 g/mol. The van der Waals surface area contributed by atoms with Crippen LogP contribution in [0.2, 0.25) is 0 Å². The summed E-state index contributed by atoms with van der Waals surface area (Å²) in [4.78, 5) is 14.1. The number of hydrogen-bond donors (Lipinski definition) is 1. The molecule has 8 heteroatoms. The highest BCUT2D eigenvalue weighted by molar-refractivity contribution is 7.09. The largest absolute Gasteiger partial charge is 0.491 e. The summed E-state index contributed by atoms with van der Waals surface area (Å²) in [6.07, 6.45) is 0.414. The molecule has 1 aliphatic heterocycles. The van der Waals surface area contributed by atoms with Crippen molar-refractivity contribution in [2.75, 3.05) is 0 Å². The van der Waals surface area contributed by atoms with Gasteiger partial charge in [0.1, 0.15) is 16.8 Å². The molecule has 0 bridgehead atoms. The zero-order valence-corrected chi connectivity index (χ0v) is 19.1. The third kappa shape index (κ3) is 3.70. The minimum absolute atomic E-state index is 0.0317. The molecule has 0 spiro atoms. The Kier molecular flexibility index (Phi) is 5.28. The van der Waals surface area contributed by atoms with Crippen LogP contribution in [0.25, 0.3) is 16.6 Å². The van der Waals surface area contributed by atoms with Crippen LogP contribution in [-0.2, 0) is 21.7 Å². The first kappa shape index (κ1) is 20.8. The molecule has 5 rings (SSSR count). The van der Waals surface area contributed by atoms with Gasteiger partial charge in [-0.25, -0.2) is 4.79 Å². The van der Waals surface area contributed by atoms with Crippen LogP contribution in [0.15, 0.2) is 65.6 Å². The van der Waals surface area contributed by atoms with Gasteiger partial charge < -0.3 is 14.6 Å². The number of thiophene rings is 1. The predicted octanol–water partition coefficient (Wildman–Crippen LogP) is 4.94. The molecule has 6 nitrogen and oxygen atoms in total. The van der Waals surface area contributed by atoms with Gasteiger partial charge in [-0.15, -0.1) is 11.3 Å². The van der Waals surface area contributed by atoms with Crippen LogP contribution < -0.4 is 4.74 Å². The van der Waals surface area contributed by atoms with Gasteiger partial charge in [0.25, 0.3) is 5.79 Å². The maximum atomic E-state index is 13.1. The van der Waals surface area contributed by atoms with Gasteiger partial charge in [0.2, 0.25) is 0 Å². The molecule has 1 unspecified atom stereocenters. The number of esters is 1. The zero-order valence-electron chi connectivity index (χ0n) is 17.4. The lowest BCUT2D eigenvalue weighted by molar-refractivity contribution is -0.185. The molecule has 2 aromatic heterocycles. The van der Waals surface area contributed by atoms with Crippen molar-refractivity contribution in [2.24, 2.45) is 0 Å². The second-order valence-electron chi connectivity index (χ2n) is 7.80. The smallest absolute Gasteiger partial charge is 0.342 e. The average Bonchev–Trinajstić information content (AvgIpc) is 3.49. The van der Waals surface area contributed by atoms with E-state index in [4.69, 9.17) is 9.47 Å². The maximum Gasteiger partial charge on any atom is 0.342 e. The van der Waals surface area contributed by atoms with E-state index in [-0.39, 0.29) is 6.10 Å². The Morgan fingerprint density at radius 1 is 1.09 bits per heavy atom. The zero-order chi connectivity index (χ0) is 22.3. The quantitative estimate of drug-likeness (QED) is 0.407. The van der Waals surface area contributed by atoms with E-state index < -0.39 is 11.8 Å². The molecule has 0 fully saturated rings. The molecule has 0 amide bonds. The summed E-state index contributed by atoms with van der Waals surface area (Å²) in [7, 11) is 0. The van der Waals surface area contributed by atoms with E-state index in [0.29, 0.717) is 40.0 Å². The van der Waals surface area contributed by atoms with Gasteiger partial charge in [0, 0.05) is 22.4 Å². The van der Waals surface area contributed by atoms with Gasteiger partial charge >= 0.3 is 5.97 Å². The lowest BCUT2D eigenvalue weighted by Gasteiger charge is -2.25. The number of cyclic esters (lactones) is 1. The van der Waals surface area contributed by atoms with Crippen LogP contribution in [-0.4, -0.2) is 25.9 Å². The van der Waals surface area contributed by atoms with Crippen molar-refractivity contribution in [3.8, 4) is 5.75 Å². The summed E-state index contributed by atoms with van der Waals surface area (Å²) in [5.41, 5.74) is 3.45. The Balaban J connectivity index is 1.63. The second kappa shape index (κ2) is 8.12. The highest BCUT2D eigenvalue weighted by atomic mass is 32.1.